The monoisotopic (exact) mass is 285 g/mol. The molecule has 0 atom stereocenters. The second kappa shape index (κ2) is 6.82. The Kier molecular flexibility index (Phi) is 4.85. The lowest BCUT2D eigenvalue weighted by atomic mass is 10.1. The van der Waals surface area contributed by atoms with Gasteiger partial charge in [-0.15, -0.1) is 0 Å². The normalized spacial score (nSPS) is 10.2. The highest BCUT2D eigenvalue weighted by Gasteiger charge is 2.10. The van der Waals surface area contributed by atoms with Crippen LogP contribution in [0, 0.1) is 24.1 Å². The molecule has 108 valence electrons. The van der Waals surface area contributed by atoms with Crippen molar-refractivity contribution in [2.75, 3.05) is 7.05 Å². The Morgan fingerprint density at radius 1 is 1.33 bits per heavy atom. The summed E-state index contributed by atoms with van der Waals surface area (Å²) in [5.41, 5.74) is 2.04. The molecule has 0 saturated carbocycles. The number of nitriles is 1. The maximum atomic E-state index is 14.0. The van der Waals surface area contributed by atoms with E-state index in [1.807, 2.05) is 32.2 Å². The minimum Gasteiger partial charge on any atom is -0.487 e. The molecule has 1 aromatic carbocycles. The van der Waals surface area contributed by atoms with Crippen LogP contribution < -0.4 is 10.1 Å². The Hall–Kier alpha value is -2.45. The van der Waals surface area contributed by atoms with Crippen LogP contribution in [0.2, 0.25) is 0 Å². The van der Waals surface area contributed by atoms with Crippen molar-refractivity contribution < 1.29 is 9.13 Å². The maximum Gasteiger partial charge on any atom is 0.147 e. The summed E-state index contributed by atoms with van der Waals surface area (Å²) in [6, 6.07) is 10.2. The van der Waals surface area contributed by atoms with Crippen molar-refractivity contribution in [2.45, 2.75) is 20.1 Å². The predicted molar refractivity (Wildman–Crippen MR) is 77.2 cm³/mol. The van der Waals surface area contributed by atoms with Crippen LogP contribution in [-0.2, 0) is 13.2 Å². The molecule has 0 aliphatic rings. The van der Waals surface area contributed by atoms with Gasteiger partial charge in [-0.25, -0.2) is 4.39 Å². The number of aryl methyl sites for hydroxylation is 1. The first-order chi connectivity index (χ1) is 10.2. The van der Waals surface area contributed by atoms with E-state index in [1.165, 1.54) is 6.07 Å². The second-order valence-corrected chi connectivity index (χ2v) is 4.61. The SMILES string of the molecule is CNCc1nc(C)ccc1OCc1cccc(C#N)c1F. The number of aromatic nitrogens is 1. The minimum atomic E-state index is -0.532. The lowest BCUT2D eigenvalue weighted by Gasteiger charge is -2.12. The molecule has 0 amide bonds. The quantitative estimate of drug-likeness (QED) is 0.917. The van der Waals surface area contributed by atoms with Gasteiger partial charge in [0.15, 0.2) is 0 Å². The average Bonchev–Trinajstić information content (AvgIpc) is 2.48. The number of hydrogen-bond acceptors (Lipinski definition) is 4. The van der Waals surface area contributed by atoms with E-state index in [9.17, 15) is 4.39 Å². The summed E-state index contributed by atoms with van der Waals surface area (Å²) in [6.07, 6.45) is 0. The predicted octanol–water partition coefficient (Wildman–Crippen LogP) is 2.70. The Balaban J connectivity index is 2.19. The Morgan fingerprint density at radius 2 is 2.14 bits per heavy atom. The van der Waals surface area contributed by atoms with E-state index in [-0.39, 0.29) is 12.2 Å². The Bertz CT molecular complexity index is 680. The number of nitrogens with one attached hydrogen (secondary N) is 1. The molecule has 0 unspecified atom stereocenters. The molecule has 5 heteroatoms. The zero-order valence-electron chi connectivity index (χ0n) is 12.0. The van der Waals surface area contributed by atoms with Crippen LogP contribution in [0.3, 0.4) is 0 Å². The summed E-state index contributed by atoms with van der Waals surface area (Å²) in [7, 11) is 1.82. The van der Waals surface area contributed by atoms with Crippen LogP contribution in [0.25, 0.3) is 0 Å². The smallest absolute Gasteiger partial charge is 0.147 e. The molecule has 0 spiro atoms. The Morgan fingerprint density at radius 3 is 2.86 bits per heavy atom. The van der Waals surface area contributed by atoms with Gasteiger partial charge in [-0.1, -0.05) is 12.1 Å². The molecule has 2 aromatic rings. The molecule has 2 rings (SSSR count). The van der Waals surface area contributed by atoms with Crippen molar-refractivity contribution >= 4 is 0 Å². The minimum absolute atomic E-state index is 0.0218. The number of nitrogens with zero attached hydrogens (tertiary/aromatic N) is 2. The highest BCUT2D eigenvalue weighted by atomic mass is 19.1. The van der Waals surface area contributed by atoms with Crippen LogP contribution in [0.1, 0.15) is 22.5 Å². The molecule has 4 nitrogen and oxygen atoms in total. The summed E-state index contributed by atoms with van der Waals surface area (Å²) in [6.45, 7) is 2.53. The van der Waals surface area contributed by atoms with Crippen LogP contribution in [-0.4, -0.2) is 12.0 Å². The first-order valence-corrected chi connectivity index (χ1v) is 6.57. The molecule has 1 heterocycles. The van der Waals surface area contributed by atoms with Gasteiger partial charge in [0.05, 0.1) is 11.3 Å². The largest absolute Gasteiger partial charge is 0.487 e. The Labute approximate surface area is 123 Å². The van der Waals surface area contributed by atoms with Crippen LogP contribution in [0.4, 0.5) is 4.39 Å². The lowest BCUT2D eigenvalue weighted by molar-refractivity contribution is 0.294. The van der Waals surface area contributed by atoms with Gasteiger partial charge in [-0.05, 0) is 32.2 Å². The van der Waals surface area contributed by atoms with Crippen molar-refractivity contribution in [1.29, 1.82) is 5.26 Å². The van der Waals surface area contributed by atoms with E-state index in [2.05, 4.69) is 10.3 Å². The summed E-state index contributed by atoms with van der Waals surface area (Å²) >= 11 is 0. The maximum absolute atomic E-state index is 14.0. The van der Waals surface area contributed by atoms with Gasteiger partial charge >= 0.3 is 0 Å². The molecular formula is C16H16FN3O. The van der Waals surface area contributed by atoms with E-state index < -0.39 is 5.82 Å². The van der Waals surface area contributed by atoms with Crippen LogP contribution >= 0.6 is 0 Å². The summed E-state index contributed by atoms with van der Waals surface area (Å²) in [5.74, 6) is 0.0759. The van der Waals surface area contributed by atoms with Gasteiger partial charge < -0.3 is 10.1 Å². The zero-order chi connectivity index (χ0) is 15.2. The van der Waals surface area contributed by atoms with Crippen LogP contribution in [0.15, 0.2) is 30.3 Å². The number of pyridine rings is 1. The van der Waals surface area contributed by atoms with E-state index in [4.69, 9.17) is 10.00 Å². The third kappa shape index (κ3) is 3.56. The topological polar surface area (TPSA) is 57.9 Å². The van der Waals surface area contributed by atoms with Crippen LogP contribution in [0.5, 0.6) is 5.75 Å². The number of benzene rings is 1. The lowest BCUT2D eigenvalue weighted by Crippen LogP contribution is -2.10. The third-order valence-corrected chi connectivity index (χ3v) is 3.00. The van der Waals surface area contributed by atoms with Crippen molar-refractivity contribution in [2.24, 2.45) is 0 Å². The van der Waals surface area contributed by atoms with E-state index >= 15 is 0 Å². The summed E-state index contributed by atoms with van der Waals surface area (Å²) < 4.78 is 19.6. The first kappa shape index (κ1) is 14.9. The highest BCUT2D eigenvalue weighted by Crippen LogP contribution is 2.20. The fourth-order valence-electron chi connectivity index (χ4n) is 1.96. The van der Waals surface area contributed by atoms with Crippen molar-refractivity contribution in [3.8, 4) is 11.8 Å². The molecular weight excluding hydrogens is 269 g/mol. The van der Waals surface area contributed by atoms with Gasteiger partial charge in [-0.2, -0.15) is 5.26 Å². The van der Waals surface area contributed by atoms with Gasteiger partial charge in [0, 0.05) is 17.8 Å². The average molecular weight is 285 g/mol. The van der Waals surface area contributed by atoms with Crippen molar-refractivity contribution in [3.63, 3.8) is 0 Å². The molecule has 21 heavy (non-hydrogen) atoms. The summed E-state index contributed by atoms with van der Waals surface area (Å²) in [4.78, 5) is 4.40. The molecule has 0 bridgehead atoms. The number of rotatable bonds is 5. The van der Waals surface area contributed by atoms with E-state index in [1.54, 1.807) is 12.1 Å². The van der Waals surface area contributed by atoms with Gasteiger partial charge in [-0.3, -0.25) is 4.98 Å². The molecule has 1 aromatic heterocycles. The zero-order valence-corrected chi connectivity index (χ0v) is 12.0. The molecule has 1 N–H and O–H groups in total. The number of hydrogen-bond donors (Lipinski definition) is 1. The number of halogens is 1. The van der Waals surface area contributed by atoms with Gasteiger partial charge in [0.1, 0.15) is 24.2 Å². The van der Waals surface area contributed by atoms with E-state index in [0.29, 0.717) is 17.9 Å². The standard InChI is InChI=1S/C16H16FN3O/c1-11-6-7-15(14(20-11)9-19-2)21-10-13-5-3-4-12(8-18)16(13)17/h3-7,19H,9-10H2,1-2H3. The number of ether oxygens (including phenoxy) is 1. The molecule has 0 aliphatic carbocycles. The molecule has 0 aliphatic heterocycles. The highest BCUT2D eigenvalue weighted by molar-refractivity contribution is 5.35. The van der Waals surface area contributed by atoms with Crippen molar-refractivity contribution in [3.05, 3.63) is 58.7 Å². The fourth-order valence-corrected chi connectivity index (χ4v) is 1.96. The fraction of sp³-hybridized carbons (Fsp3) is 0.250. The molecule has 0 fully saturated rings. The second-order valence-electron chi connectivity index (χ2n) is 4.61. The van der Waals surface area contributed by atoms with E-state index in [0.717, 1.165) is 11.4 Å². The third-order valence-electron chi connectivity index (χ3n) is 3.00. The van der Waals surface area contributed by atoms with Crippen molar-refractivity contribution in [1.82, 2.24) is 10.3 Å². The van der Waals surface area contributed by atoms with Gasteiger partial charge in [0.25, 0.3) is 0 Å². The summed E-state index contributed by atoms with van der Waals surface area (Å²) in [5, 5.41) is 11.8. The van der Waals surface area contributed by atoms with Gasteiger partial charge in [0.2, 0.25) is 0 Å². The first-order valence-electron chi connectivity index (χ1n) is 6.57. The molecule has 0 saturated heterocycles. The molecule has 0 radical (unpaired) electrons.